The van der Waals surface area contributed by atoms with Gasteiger partial charge in [-0.2, -0.15) is 11.8 Å². The van der Waals surface area contributed by atoms with E-state index in [-0.39, 0.29) is 24.6 Å². The number of ether oxygens (including phenoxy) is 1. The maximum absolute atomic E-state index is 12.3. The van der Waals surface area contributed by atoms with Crippen LogP contribution in [0.3, 0.4) is 0 Å². The molecule has 2 N–H and O–H groups in total. The molecule has 7 heteroatoms. The van der Waals surface area contributed by atoms with E-state index in [0.717, 1.165) is 25.2 Å². The number of urea groups is 1. The number of rotatable bonds is 5. The number of thioether (sulfide) groups is 1. The van der Waals surface area contributed by atoms with Gasteiger partial charge in [0, 0.05) is 37.1 Å². The third-order valence-corrected chi connectivity index (χ3v) is 5.25. The van der Waals surface area contributed by atoms with E-state index < -0.39 is 5.97 Å². The van der Waals surface area contributed by atoms with Gasteiger partial charge in [0.2, 0.25) is 0 Å². The Hall–Kier alpha value is -0.950. The maximum atomic E-state index is 12.3. The van der Waals surface area contributed by atoms with Gasteiger partial charge in [-0.3, -0.25) is 4.79 Å². The largest absolute Gasteiger partial charge is 0.481 e. The smallest absolute Gasteiger partial charge is 0.317 e. The van der Waals surface area contributed by atoms with E-state index in [4.69, 9.17) is 9.84 Å². The lowest BCUT2D eigenvalue weighted by molar-refractivity contribution is -0.137. The molecular weight excluding hydrogens is 292 g/mol. The fourth-order valence-corrected chi connectivity index (χ4v) is 4.05. The van der Waals surface area contributed by atoms with Crippen molar-refractivity contribution in [2.24, 2.45) is 5.92 Å². The summed E-state index contributed by atoms with van der Waals surface area (Å²) in [6, 6.07) is -0.341. The molecule has 0 aliphatic carbocycles. The molecule has 2 amide bonds. The first-order valence-electron chi connectivity index (χ1n) is 7.57. The Morgan fingerprint density at radius 1 is 1.48 bits per heavy atom. The van der Waals surface area contributed by atoms with E-state index in [0.29, 0.717) is 24.8 Å². The first kappa shape index (κ1) is 16.4. The number of carbonyl (C=O) groups is 2. The summed E-state index contributed by atoms with van der Waals surface area (Å²) in [7, 11) is 0. The monoisotopic (exact) mass is 316 g/mol. The number of nitrogens with zero attached hydrogens (tertiary/aromatic N) is 1. The standard InChI is InChI=1S/C14H24N2O4S/c1-2-12-10(3-5-20-12)8-15-14(19)16-4-6-21-9-11(16)7-13(17)18/h10-12H,2-9H2,1H3,(H,15,19)(H,17,18). The van der Waals surface area contributed by atoms with Crippen molar-refractivity contribution in [3.63, 3.8) is 0 Å². The van der Waals surface area contributed by atoms with Crippen molar-refractivity contribution in [3.05, 3.63) is 0 Å². The fourth-order valence-electron chi connectivity index (χ4n) is 2.99. The first-order valence-corrected chi connectivity index (χ1v) is 8.73. The SMILES string of the molecule is CCC1OCCC1CNC(=O)N1CCSCC1CC(=O)O. The molecule has 21 heavy (non-hydrogen) atoms. The summed E-state index contributed by atoms with van der Waals surface area (Å²) < 4.78 is 5.62. The van der Waals surface area contributed by atoms with Gasteiger partial charge in [-0.05, 0) is 12.8 Å². The number of carboxylic acid groups (broad SMARTS) is 1. The van der Waals surface area contributed by atoms with Crippen molar-refractivity contribution in [3.8, 4) is 0 Å². The quantitative estimate of drug-likeness (QED) is 0.801. The highest BCUT2D eigenvalue weighted by atomic mass is 32.2. The van der Waals surface area contributed by atoms with Gasteiger partial charge in [0.15, 0.2) is 0 Å². The number of hydrogen-bond donors (Lipinski definition) is 2. The molecule has 2 fully saturated rings. The third-order valence-electron chi connectivity index (χ3n) is 4.16. The molecule has 6 nitrogen and oxygen atoms in total. The van der Waals surface area contributed by atoms with E-state index >= 15 is 0 Å². The van der Waals surface area contributed by atoms with Crippen LogP contribution in [0.25, 0.3) is 0 Å². The van der Waals surface area contributed by atoms with Crippen molar-refractivity contribution in [2.75, 3.05) is 31.2 Å². The van der Waals surface area contributed by atoms with Crippen LogP contribution in [0.15, 0.2) is 0 Å². The second-order valence-corrected chi connectivity index (χ2v) is 6.72. The lowest BCUT2D eigenvalue weighted by Gasteiger charge is -2.35. The molecule has 0 radical (unpaired) electrons. The summed E-state index contributed by atoms with van der Waals surface area (Å²) in [5.74, 6) is 1.09. The predicted octanol–water partition coefficient (Wildman–Crippen LogP) is 1.40. The summed E-state index contributed by atoms with van der Waals surface area (Å²) in [4.78, 5) is 24.9. The molecule has 2 heterocycles. The van der Waals surface area contributed by atoms with Crippen LogP contribution in [0.1, 0.15) is 26.2 Å². The van der Waals surface area contributed by atoms with E-state index in [1.807, 2.05) is 0 Å². The van der Waals surface area contributed by atoms with E-state index in [1.165, 1.54) is 0 Å². The van der Waals surface area contributed by atoms with Crippen molar-refractivity contribution in [1.29, 1.82) is 0 Å². The van der Waals surface area contributed by atoms with E-state index in [9.17, 15) is 9.59 Å². The molecular formula is C14H24N2O4S. The highest BCUT2D eigenvalue weighted by Gasteiger charge is 2.31. The minimum atomic E-state index is -0.851. The maximum Gasteiger partial charge on any atom is 0.317 e. The topological polar surface area (TPSA) is 78.9 Å². The lowest BCUT2D eigenvalue weighted by Crippen LogP contribution is -2.52. The summed E-state index contributed by atoms with van der Waals surface area (Å²) in [6.45, 7) is 4.09. The summed E-state index contributed by atoms with van der Waals surface area (Å²) in [5, 5.41) is 11.9. The van der Waals surface area contributed by atoms with E-state index in [2.05, 4.69) is 12.2 Å². The Balaban J connectivity index is 1.84. The molecule has 2 rings (SSSR count). The number of nitrogens with one attached hydrogen (secondary N) is 1. The molecule has 0 bridgehead atoms. The Morgan fingerprint density at radius 2 is 2.29 bits per heavy atom. The second kappa shape index (κ2) is 7.89. The Morgan fingerprint density at radius 3 is 3.00 bits per heavy atom. The molecule has 0 aromatic rings. The third kappa shape index (κ3) is 4.51. The van der Waals surface area contributed by atoms with Crippen LogP contribution in [-0.2, 0) is 9.53 Å². The molecule has 2 aliphatic rings. The number of aliphatic carboxylic acids is 1. The molecule has 3 unspecified atom stereocenters. The molecule has 2 saturated heterocycles. The van der Waals surface area contributed by atoms with Crippen molar-refractivity contribution < 1.29 is 19.4 Å². The van der Waals surface area contributed by atoms with Gasteiger partial charge in [0.05, 0.1) is 18.6 Å². The Bertz CT molecular complexity index is 380. The fraction of sp³-hybridized carbons (Fsp3) is 0.857. The molecule has 0 aromatic carbocycles. The van der Waals surface area contributed by atoms with Gasteiger partial charge in [-0.1, -0.05) is 6.92 Å². The van der Waals surface area contributed by atoms with Crippen LogP contribution in [0.5, 0.6) is 0 Å². The normalized spacial score (nSPS) is 29.4. The van der Waals surface area contributed by atoms with Crippen molar-refractivity contribution in [2.45, 2.75) is 38.3 Å². The summed E-state index contributed by atoms with van der Waals surface area (Å²) in [5.41, 5.74) is 0. The van der Waals surface area contributed by atoms with Gasteiger partial charge in [-0.25, -0.2) is 4.79 Å². The number of carbonyl (C=O) groups excluding carboxylic acids is 1. The predicted molar refractivity (Wildman–Crippen MR) is 81.6 cm³/mol. The van der Waals surface area contributed by atoms with Crippen LogP contribution in [0, 0.1) is 5.92 Å². The van der Waals surface area contributed by atoms with Gasteiger partial charge >= 0.3 is 12.0 Å². The van der Waals surface area contributed by atoms with E-state index in [1.54, 1.807) is 16.7 Å². The Labute approximate surface area is 129 Å². The lowest BCUT2D eigenvalue weighted by atomic mass is 10.00. The minimum Gasteiger partial charge on any atom is -0.481 e. The van der Waals surface area contributed by atoms with Crippen LogP contribution in [0.2, 0.25) is 0 Å². The zero-order chi connectivity index (χ0) is 15.2. The number of hydrogen-bond acceptors (Lipinski definition) is 4. The molecule has 3 atom stereocenters. The average Bonchev–Trinajstić information content (AvgIpc) is 2.92. The van der Waals surface area contributed by atoms with Crippen LogP contribution in [0.4, 0.5) is 4.79 Å². The van der Waals surface area contributed by atoms with Crippen LogP contribution in [-0.4, -0.2) is 65.4 Å². The van der Waals surface area contributed by atoms with Gasteiger partial charge < -0.3 is 20.1 Å². The molecule has 0 aromatic heterocycles. The average molecular weight is 316 g/mol. The summed E-state index contributed by atoms with van der Waals surface area (Å²) in [6.07, 6.45) is 2.19. The molecule has 120 valence electrons. The summed E-state index contributed by atoms with van der Waals surface area (Å²) >= 11 is 1.71. The molecule has 0 saturated carbocycles. The van der Waals surface area contributed by atoms with Crippen LogP contribution < -0.4 is 5.32 Å². The number of amides is 2. The zero-order valence-corrected chi connectivity index (χ0v) is 13.2. The number of carboxylic acids is 1. The molecule has 0 spiro atoms. The molecule has 2 aliphatic heterocycles. The second-order valence-electron chi connectivity index (χ2n) is 5.57. The van der Waals surface area contributed by atoms with Gasteiger partial charge in [0.25, 0.3) is 0 Å². The van der Waals surface area contributed by atoms with Crippen molar-refractivity contribution >= 4 is 23.8 Å². The first-order chi connectivity index (χ1) is 10.1. The van der Waals surface area contributed by atoms with Crippen molar-refractivity contribution in [1.82, 2.24) is 10.2 Å². The zero-order valence-electron chi connectivity index (χ0n) is 12.4. The van der Waals surface area contributed by atoms with Crippen LogP contribution >= 0.6 is 11.8 Å². The minimum absolute atomic E-state index is 0.0184. The highest BCUT2D eigenvalue weighted by molar-refractivity contribution is 7.99. The highest BCUT2D eigenvalue weighted by Crippen LogP contribution is 2.23. The Kier molecular flexibility index (Phi) is 6.17. The van der Waals surface area contributed by atoms with Gasteiger partial charge in [-0.15, -0.1) is 0 Å². The van der Waals surface area contributed by atoms with Gasteiger partial charge in [0.1, 0.15) is 0 Å².